The van der Waals surface area contributed by atoms with Crippen LogP contribution in [0.15, 0.2) is 71.8 Å². The fraction of sp³-hybridized carbons (Fsp3) is 0.0952. The van der Waals surface area contributed by atoms with Crippen molar-refractivity contribution in [1.82, 2.24) is 9.88 Å². The molecule has 0 spiro atoms. The minimum Gasteiger partial charge on any atom is -0.495 e. The molecule has 0 fully saturated rings. The Hall–Kier alpha value is -3.72. The standard InChI is InChI=1S/C21H17N3O5S/c1-29-18-7-3-2-6-17(18)23-30(27,28)15-10-8-14(9-11-15)13-24-20(25)16-5-4-12-22-19(16)21(24)26/h2-12,23H,13H2,1H3. The van der Waals surface area contributed by atoms with Gasteiger partial charge in [0, 0.05) is 6.20 Å². The number of para-hydroxylation sites is 2. The molecule has 0 bridgehead atoms. The Morgan fingerprint density at radius 2 is 1.70 bits per heavy atom. The van der Waals surface area contributed by atoms with Crippen LogP contribution in [-0.4, -0.2) is 37.2 Å². The number of methoxy groups -OCH3 is 1. The molecule has 0 atom stereocenters. The molecule has 1 aliphatic heterocycles. The van der Waals surface area contributed by atoms with Gasteiger partial charge in [0.2, 0.25) is 0 Å². The summed E-state index contributed by atoms with van der Waals surface area (Å²) < 4.78 is 33.0. The summed E-state index contributed by atoms with van der Waals surface area (Å²) >= 11 is 0. The highest BCUT2D eigenvalue weighted by Crippen LogP contribution is 2.27. The zero-order valence-electron chi connectivity index (χ0n) is 15.9. The first kappa shape index (κ1) is 19.6. The Morgan fingerprint density at radius 3 is 2.40 bits per heavy atom. The molecular weight excluding hydrogens is 406 g/mol. The fourth-order valence-electron chi connectivity index (χ4n) is 3.15. The molecule has 0 saturated heterocycles. The molecule has 9 heteroatoms. The smallest absolute Gasteiger partial charge is 0.280 e. The Kier molecular flexibility index (Phi) is 4.96. The van der Waals surface area contributed by atoms with Crippen LogP contribution in [0.25, 0.3) is 0 Å². The van der Waals surface area contributed by atoms with E-state index in [0.29, 0.717) is 17.0 Å². The summed E-state index contributed by atoms with van der Waals surface area (Å²) in [5.41, 5.74) is 1.33. The van der Waals surface area contributed by atoms with Gasteiger partial charge in [0.05, 0.1) is 29.8 Å². The lowest BCUT2D eigenvalue weighted by atomic mass is 10.2. The highest BCUT2D eigenvalue weighted by Gasteiger charge is 2.36. The third-order valence-electron chi connectivity index (χ3n) is 4.66. The number of rotatable bonds is 6. The molecule has 2 amide bonds. The zero-order chi connectivity index (χ0) is 21.3. The molecule has 8 nitrogen and oxygen atoms in total. The fourth-order valence-corrected chi connectivity index (χ4v) is 4.22. The van der Waals surface area contributed by atoms with Gasteiger partial charge in [-0.1, -0.05) is 24.3 Å². The molecule has 152 valence electrons. The number of carbonyl (C=O) groups is 2. The van der Waals surface area contributed by atoms with E-state index in [-0.39, 0.29) is 22.7 Å². The number of imide groups is 1. The van der Waals surface area contributed by atoms with Gasteiger partial charge in [0.1, 0.15) is 11.4 Å². The summed E-state index contributed by atoms with van der Waals surface area (Å²) in [5.74, 6) is -0.486. The summed E-state index contributed by atoms with van der Waals surface area (Å²) in [7, 11) is -2.39. The number of carbonyl (C=O) groups excluding carboxylic acids is 2. The first-order valence-corrected chi connectivity index (χ1v) is 10.4. The van der Waals surface area contributed by atoms with Gasteiger partial charge >= 0.3 is 0 Å². The second-order valence-corrected chi connectivity index (χ2v) is 8.23. The van der Waals surface area contributed by atoms with Crippen LogP contribution in [0.1, 0.15) is 26.4 Å². The number of hydrogen-bond donors (Lipinski definition) is 1. The Morgan fingerprint density at radius 1 is 0.967 bits per heavy atom. The summed E-state index contributed by atoms with van der Waals surface area (Å²) in [6.45, 7) is 0.0221. The minimum atomic E-state index is -3.84. The van der Waals surface area contributed by atoms with E-state index in [1.807, 2.05) is 0 Å². The lowest BCUT2D eigenvalue weighted by molar-refractivity contribution is 0.0640. The van der Waals surface area contributed by atoms with Crippen molar-refractivity contribution in [1.29, 1.82) is 0 Å². The van der Waals surface area contributed by atoms with E-state index in [4.69, 9.17) is 4.74 Å². The van der Waals surface area contributed by atoms with E-state index in [0.717, 1.165) is 4.90 Å². The van der Waals surface area contributed by atoms with Crippen LogP contribution in [0.4, 0.5) is 5.69 Å². The quantitative estimate of drug-likeness (QED) is 0.611. The number of nitrogens with one attached hydrogen (secondary N) is 1. The van der Waals surface area contributed by atoms with Crippen LogP contribution < -0.4 is 9.46 Å². The molecule has 0 aliphatic carbocycles. The van der Waals surface area contributed by atoms with Crippen LogP contribution in [0.2, 0.25) is 0 Å². The summed E-state index contributed by atoms with van der Waals surface area (Å²) in [4.78, 5) is 30.0. The van der Waals surface area contributed by atoms with Gasteiger partial charge in [0.25, 0.3) is 21.8 Å². The molecule has 3 aromatic rings. The van der Waals surface area contributed by atoms with Crippen molar-refractivity contribution in [3.63, 3.8) is 0 Å². The predicted molar refractivity (Wildman–Crippen MR) is 109 cm³/mol. The SMILES string of the molecule is COc1ccccc1NS(=O)(=O)c1ccc(CN2C(=O)c3cccnc3C2=O)cc1. The normalized spacial score (nSPS) is 13.3. The molecule has 1 N–H and O–H groups in total. The number of nitrogens with zero attached hydrogens (tertiary/aromatic N) is 2. The van der Waals surface area contributed by atoms with E-state index in [9.17, 15) is 18.0 Å². The lowest BCUT2D eigenvalue weighted by Gasteiger charge is -2.14. The number of aromatic nitrogens is 1. The van der Waals surface area contributed by atoms with Crippen molar-refractivity contribution < 1.29 is 22.7 Å². The average molecular weight is 423 g/mol. The number of pyridine rings is 1. The van der Waals surface area contributed by atoms with Crippen LogP contribution in [0.3, 0.4) is 0 Å². The zero-order valence-corrected chi connectivity index (χ0v) is 16.7. The topological polar surface area (TPSA) is 106 Å². The van der Waals surface area contributed by atoms with Crippen molar-refractivity contribution in [3.8, 4) is 5.75 Å². The number of amides is 2. The summed E-state index contributed by atoms with van der Waals surface area (Å²) in [6.07, 6.45) is 1.46. The maximum Gasteiger partial charge on any atom is 0.280 e. The third kappa shape index (κ3) is 3.50. The molecule has 1 aromatic heterocycles. The van der Waals surface area contributed by atoms with Crippen LogP contribution in [0, 0.1) is 0 Å². The Bertz CT molecular complexity index is 1200. The Labute approximate surface area is 173 Å². The monoisotopic (exact) mass is 423 g/mol. The molecule has 0 unspecified atom stereocenters. The van der Waals surface area contributed by atoms with Crippen LogP contribution in [-0.2, 0) is 16.6 Å². The molecular formula is C21H17N3O5S. The van der Waals surface area contributed by atoms with Crippen LogP contribution >= 0.6 is 0 Å². The van der Waals surface area contributed by atoms with E-state index in [1.165, 1.54) is 25.4 Å². The number of benzene rings is 2. The van der Waals surface area contributed by atoms with Gasteiger partial charge in [-0.25, -0.2) is 8.42 Å². The van der Waals surface area contributed by atoms with Gasteiger partial charge in [0.15, 0.2) is 0 Å². The second kappa shape index (κ2) is 7.60. The van der Waals surface area contributed by atoms with Crippen molar-refractivity contribution >= 4 is 27.5 Å². The number of anilines is 1. The maximum atomic E-state index is 12.7. The summed E-state index contributed by atoms with van der Waals surface area (Å²) in [5, 5.41) is 0. The highest BCUT2D eigenvalue weighted by molar-refractivity contribution is 7.92. The maximum absolute atomic E-state index is 12.7. The molecule has 2 heterocycles. The van der Waals surface area contributed by atoms with Crippen molar-refractivity contribution in [3.05, 3.63) is 83.7 Å². The molecule has 2 aromatic carbocycles. The van der Waals surface area contributed by atoms with E-state index in [2.05, 4.69) is 9.71 Å². The molecule has 0 saturated carbocycles. The van der Waals surface area contributed by atoms with Crippen molar-refractivity contribution in [2.75, 3.05) is 11.8 Å². The summed E-state index contributed by atoms with van der Waals surface area (Å²) in [6, 6.07) is 15.8. The molecule has 1 aliphatic rings. The van der Waals surface area contributed by atoms with Crippen LogP contribution in [0.5, 0.6) is 5.75 Å². The van der Waals surface area contributed by atoms with Crippen molar-refractivity contribution in [2.45, 2.75) is 11.4 Å². The van der Waals surface area contributed by atoms with Gasteiger partial charge in [-0.15, -0.1) is 0 Å². The minimum absolute atomic E-state index is 0.0221. The van der Waals surface area contributed by atoms with Gasteiger partial charge in [-0.05, 0) is 42.0 Å². The van der Waals surface area contributed by atoms with Gasteiger partial charge in [-0.3, -0.25) is 24.2 Å². The number of hydrogen-bond acceptors (Lipinski definition) is 6. The second-order valence-electron chi connectivity index (χ2n) is 6.55. The predicted octanol–water partition coefficient (Wildman–Crippen LogP) is 2.69. The van der Waals surface area contributed by atoms with E-state index < -0.39 is 21.8 Å². The van der Waals surface area contributed by atoms with Crippen molar-refractivity contribution in [2.24, 2.45) is 0 Å². The Balaban J connectivity index is 1.52. The number of fused-ring (bicyclic) bond motifs is 1. The first-order valence-electron chi connectivity index (χ1n) is 8.97. The number of sulfonamides is 1. The largest absolute Gasteiger partial charge is 0.495 e. The number of ether oxygens (including phenoxy) is 1. The molecule has 4 rings (SSSR count). The van der Waals surface area contributed by atoms with E-state index >= 15 is 0 Å². The molecule has 0 radical (unpaired) electrons. The highest BCUT2D eigenvalue weighted by atomic mass is 32.2. The first-order chi connectivity index (χ1) is 14.4. The van der Waals surface area contributed by atoms with Gasteiger partial charge < -0.3 is 4.74 Å². The van der Waals surface area contributed by atoms with E-state index in [1.54, 1.807) is 48.5 Å². The average Bonchev–Trinajstić information content (AvgIpc) is 2.99. The lowest BCUT2D eigenvalue weighted by Crippen LogP contribution is -2.29. The third-order valence-corrected chi connectivity index (χ3v) is 6.04. The van der Waals surface area contributed by atoms with Gasteiger partial charge in [-0.2, -0.15) is 0 Å². The molecule has 30 heavy (non-hydrogen) atoms.